The maximum Gasteiger partial charge on any atom is 0.161 e. The fourth-order valence-corrected chi connectivity index (χ4v) is 5.89. The molecule has 51 heavy (non-hydrogen) atoms. The van der Waals surface area contributed by atoms with Crippen LogP contribution in [0.3, 0.4) is 0 Å². The van der Waals surface area contributed by atoms with E-state index in [-0.39, 0.29) is 0 Å². The molecule has 3 aromatic rings. The summed E-state index contributed by atoms with van der Waals surface area (Å²) in [5.41, 5.74) is 32.2. The average molecular weight is 700 g/mol. The van der Waals surface area contributed by atoms with E-state index in [1.165, 1.54) is 0 Å². The number of unbranched alkanes of at least 4 members (excludes halogenated alkanes) is 3. The van der Waals surface area contributed by atoms with E-state index in [4.69, 9.17) is 45.0 Å². The van der Waals surface area contributed by atoms with Gasteiger partial charge in [-0.05, 0) is 144 Å². The van der Waals surface area contributed by atoms with E-state index in [2.05, 4.69) is 48.3 Å². The van der Waals surface area contributed by atoms with Crippen molar-refractivity contribution in [3.05, 3.63) is 101 Å². The molecule has 0 aliphatic heterocycles. The Kier molecular flexibility index (Phi) is 15.6. The number of benzene rings is 3. The van der Waals surface area contributed by atoms with Gasteiger partial charge in [-0.25, -0.2) is 0 Å². The smallest absolute Gasteiger partial charge is 0.161 e. The third-order valence-electron chi connectivity index (χ3n) is 8.52. The highest BCUT2D eigenvalue weighted by Crippen LogP contribution is 2.41. The van der Waals surface area contributed by atoms with Gasteiger partial charge < -0.3 is 28.4 Å². The molecule has 15 nitrogen and oxygen atoms in total. The van der Waals surface area contributed by atoms with Gasteiger partial charge in [-0.3, -0.25) is 0 Å². The van der Waals surface area contributed by atoms with E-state index in [9.17, 15) is 0 Å². The monoisotopic (exact) mass is 699 g/mol. The summed E-state index contributed by atoms with van der Waals surface area (Å²) in [6, 6.07) is 12.3. The second-order valence-corrected chi connectivity index (χ2v) is 11.9. The second kappa shape index (κ2) is 20.8. The lowest BCUT2D eigenvalue weighted by molar-refractivity contribution is 0.286. The fraction of sp³-hybridized carbons (Fsp3) is 0.500. The zero-order chi connectivity index (χ0) is 36.3. The molecule has 0 spiro atoms. The molecule has 0 atom stereocenters. The molecule has 1 aliphatic carbocycles. The molecule has 0 radical (unpaired) electrons. The predicted molar refractivity (Wildman–Crippen MR) is 194 cm³/mol. The van der Waals surface area contributed by atoms with Crippen LogP contribution in [0.4, 0.5) is 0 Å². The van der Waals surface area contributed by atoms with E-state index >= 15 is 0 Å². The van der Waals surface area contributed by atoms with Gasteiger partial charge >= 0.3 is 0 Å². The van der Waals surface area contributed by atoms with Gasteiger partial charge in [0, 0.05) is 34.4 Å². The van der Waals surface area contributed by atoms with Gasteiger partial charge in [-0.2, -0.15) is 0 Å². The van der Waals surface area contributed by atoms with Crippen LogP contribution in [0, 0.1) is 0 Å². The summed E-state index contributed by atoms with van der Waals surface area (Å²) in [5.74, 6) is 3.85. The minimum absolute atomic E-state index is 0.424. The molecule has 270 valence electrons. The van der Waals surface area contributed by atoms with Gasteiger partial charge in [0.05, 0.1) is 41.2 Å². The van der Waals surface area contributed by atoms with Crippen LogP contribution in [0.15, 0.2) is 51.7 Å². The van der Waals surface area contributed by atoms with E-state index in [1.807, 2.05) is 18.2 Å². The van der Waals surface area contributed by atoms with Crippen molar-refractivity contribution in [2.24, 2.45) is 15.3 Å². The van der Waals surface area contributed by atoms with Crippen LogP contribution in [-0.2, 0) is 19.3 Å². The van der Waals surface area contributed by atoms with Crippen molar-refractivity contribution in [3.8, 4) is 34.5 Å². The zero-order valence-electron chi connectivity index (χ0n) is 29.5. The number of rotatable bonds is 21. The molecule has 3 aromatic carbocycles. The third kappa shape index (κ3) is 11.2. The van der Waals surface area contributed by atoms with Gasteiger partial charge in [0.25, 0.3) is 0 Å². The Labute approximate surface area is 297 Å². The predicted octanol–water partition coefficient (Wildman–Crippen LogP) is 9.21. The topological polar surface area (TPSA) is 202 Å². The first-order valence-electron chi connectivity index (χ1n) is 17.0. The molecule has 0 amide bonds. The molecule has 0 unspecified atom stereocenters. The highest BCUT2D eigenvalue weighted by atomic mass is 16.5. The third-order valence-corrected chi connectivity index (χ3v) is 8.52. The molecular formula is C36H45N9O6. The lowest BCUT2D eigenvalue weighted by Crippen LogP contribution is -2.05. The SMILES string of the molecule is COc1cc2c(cc1OCCCCN=[N+]=[N-])Cc1cc(OC)c(OCCCCN=[N+]=[N-])cc1Cc1cc(OC)c(OCCCCN=[N+]=[N-])cc1C2. The quantitative estimate of drug-likeness (QED) is 0.0359. The molecule has 1 aliphatic rings. The second-order valence-electron chi connectivity index (χ2n) is 11.9. The summed E-state index contributed by atoms with van der Waals surface area (Å²) in [4.78, 5) is 8.46. The number of hydrogen-bond acceptors (Lipinski definition) is 9. The largest absolute Gasteiger partial charge is 0.493 e. The molecule has 0 saturated carbocycles. The summed E-state index contributed by atoms with van der Waals surface area (Å²) < 4.78 is 36.1. The van der Waals surface area contributed by atoms with Crippen LogP contribution in [0.25, 0.3) is 31.3 Å². The summed E-state index contributed by atoms with van der Waals surface area (Å²) in [6.45, 7) is 2.63. The number of nitrogens with zero attached hydrogens (tertiary/aromatic N) is 9. The molecule has 15 heteroatoms. The Morgan fingerprint density at radius 3 is 0.922 bits per heavy atom. The molecule has 0 N–H and O–H groups in total. The minimum atomic E-state index is 0.424. The molecule has 0 fully saturated rings. The van der Waals surface area contributed by atoms with Crippen LogP contribution >= 0.6 is 0 Å². The van der Waals surface area contributed by atoms with Crippen molar-refractivity contribution < 1.29 is 28.4 Å². The van der Waals surface area contributed by atoms with Crippen LogP contribution in [-0.4, -0.2) is 60.8 Å². The van der Waals surface area contributed by atoms with Gasteiger partial charge in [0.15, 0.2) is 34.5 Å². The van der Waals surface area contributed by atoms with Crippen molar-refractivity contribution in [2.75, 3.05) is 60.8 Å². The highest BCUT2D eigenvalue weighted by Gasteiger charge is 2.22. The normalized spacial score (nSPS) is 11.4. The van der Waals surface area contributed by atoms with Gasteiger partial charge in [0.1, 0.15) is 0 Å². The van der Waals surface area contributed by atoms with Crippen molar-refractivity contribution in [3.63, 3.8) is 0 Å². The van der Waals surface area contributed by atoms with Crippen LogP contribution in [0.1, 0.15) is 71.9 Å². The average Bonchev–Trinajstić information content (AvgIpc) is 3.20. The maximum atomic E-state index is 8.57. The van der Waals surface area contributed by atoms with E-state index < -0.39 is 0 Å². The van der Waals surface area contributed by atoms with Crippen LogP contribution in [0.2, 0.25) is 0 Å². The fourth-order valence-electron chi connectivity index (χ4n) is 5.89. The summed E-state index contributed by atoms with van der Waals surface area (Å²) in [7, 11) is 4.91. The molecule has 0 heterocycles. The van der Waals surface area contributed by atoms with Crippen molar-refractivity contribution in [1.82, 2.24) is 0 Å². The number of azide groups is 3. The Balaban J connectivity index is 1.74. The van der Waals surface area contributed by atoms with E-state index in [0.29, 0.717) is 93.2 Å². The minimum Gasteiger partial charge on any atom is -0.493 e. The standard InChI is InChI=1S/C36H45N9O6/c1-46-31-19-25-16-29-23-35(50-14-8-5-11-41-44-38)33(48-3)21-27(29)18-30-24-36(51-15-9-6-12-42-45-39)32(47-2)20-26(30)17-28(25)22-34(31)49-13-7-4-10-40-43-37/h19-24H,4-18H2,1-3H3. The molecule has 0 saturated heterocycles. The van der Waals surface area contributed by atoms with Crippen molar-refractivity contribution in [2.45, 2.75) is 57.8 Å². The number of methoxy groups -OCH3 is 3. The first kappa shape index (κ1) is 38.2. The number of fused-ring (bicyclic) bond motifs is 3. The van der Waals surface area contributed by atoms with Crippen molar-refractivity contribution >= 4 is 0 Å². The number of ether oxygens (including phenoxy) is 6. The molecule has 0 bridgehead atoms. The first-order valence-corrected chi connectivity index (χ1v) is 17.0. The summed E-state index contributed by atoms with van der Waals surface area (Å²) >= 11 is 0. The van der Waals surface area contributed by atoms with Crippen LogP contribution < -0.4 is 28.4 Å². The lowest BCUT2D eigenvalue weighted by atomic mass is 9.94. The van der Waals surface area contributed by atoms with Gasteiger partial charge in [-0.15, -0.1) is 0 Å². The first-order chi connectivity index (χ1) is 25.0. The Morgan fingerprint density at radius 1 is 0.431 bits per heavy atom. The summed E-state index contributed by atoms with van der Waals surface area (Å²) in [6.07, 6.45) is 6.22. The van der Waals surface area contributed by atoms with Gasteiger partial charge in [-0.1, -0.05) is 15.3 Å². The molecule has 0 aromatic heterocycles. The van der Waals surface area contributed by atoms with Crippen molar-refractivity contribution in [1.29, 1.82) is 0 Å². The molecule has 4 rings (SSSR count). The lowest BCUT2D eigenvalue weighted by Gasteiger charge is -2.18. The Hall–Kier alpha value is -5.61. The van der Waals surface area contributed by atoms with Gasteiger partial charge in [0.2, 0.25) is 0 Å². The summed E-state index contributed by atoms with van der Waals surface area (Å²) in [5, 5.41) is 10.8. The van der Waals surface area contributed by atoms with Crippen LogP contribution in [0.5, 0.6) is 34.5 Å². The van der Waals surface area contributed by atoms with E-state index in [1.54, 1.807) is 21.3 Å². The van der Waals surface area contributed by atoms with E-state index in [0.717, 1.165) is 71.9 Å². The number of hydrogen-bond donors (Lipinski definition) is 0. The highest BCUT2D eigenvalue weighted by molar-refractivity contribution is 5.58. The maximum absolute atomic E-state index is 8.57. The zero-order valence-corrected chi connectivity index (χ0v) is 29.5. The molecular weight excluding hydrogens is 654 g/mol. The Bertz CT molecular complexity index is 1560. The Morgan fingerprint density at radius 2 is 0.686 bits per heavy atom.